The standard InChI is InChI=1S/C33H33Cl3F2N4O2S/c1-33(2,20-6-8-24(34)26(36)14-20)30-16-39-32(41(30)22-7-9-27(37)29(15-22)44-5)45-18-23-25(35)12-19(13-28(23)38)31(43)40-21-10-11-42(3,4)17-21/h6-9,12-16,21H,10-11,17-18H2,1-5H3/t21-/m0/s1. The lowest BCUT2D eigenvalue weighted by atomic mass is 9.81. The van der Waals surface area contributed by atoms with Gasteiger partial charge in [-0.05, 0) is 53.4 Å². The molecular weight excluding hydrogens is 661 g/mol. The molecule has 0 amide bonds. The molecule has 1 aliphatic rings. The van der Waals surface area contributed by atoms with Crippen LogP contribution in [0.5, 0.6) is 5.75 Å². The van der Waals surface area contributed by atoms with E-state index in [1.807, 2.05) is 24.5 Å². The molecule has 3 aromatic carbocycles. The SMILES string of the molecule is COc1cc(-n2c(C(C)(C)c3ccc(Cl)c(Cl)c3)cnc2SCc2c(F)cc(C([O-])=N[C@H]3CC[N+](C)(C)C3)cc2Cl)ccc1F. The van der Waals surface area contributed by atoms with Crippen molar-refractivity contribution in [3.8, 4) is 11.4 Å². The lowest BCUT2D eigenvalue weighted by Crippen LogP contribution is -2.37. The summed E-state index contributed by atoms with van der Waals surface area (Å²) in [7, 11) is 5.59. The van der Waals surface area contributed by atoms with Crippen molar-refractivity contribution in [1.82, 2.24) is 9.55 Å². The van der Waals surface area contributed by atoms with Gasteiger partial charge in [0.25, 0.3) is 0 Å². The average molecular weight is 694 g/mol. The van der Waals surface area contributed by atoms with Gasteiger partial charge in [-0.3, -0.25) is 9.56 Å². The van der Waals surface area contributed by atoms with E-state index < -0.39 is 22.9 Å². The number of hydrogen-bond acceptors (Lipinski definition) is 5. The summed E-state index contributed by atoms with van der Waals surface area (Å²) >= 11 is 20.4. The van der Waals surface area contributed by atoms with Gasteiger partial charge in [-0.15, -0.1) is 0 Å². The molecule has 12 heteroatoms. The smallest absolute Gasteiger partial charge is 0.173 e. The molecule has 1 aromatic heterocycles. The molecule has 5 rings (SSSR count). The summed E-state index contributed by atoms with van der Waals surface area (Å²) in [4.78, 5) is 9.01. The van der Waals surface area contributed by atoms with Gasteiger partial charge in [0.2, 0.25) is 0 Å². The van der Waals surface area contributed by atoms with Gasteiger partial charge in [0.1, 0.15) is 18.4 Å². The van der Waals surface area contributed by atoms with Crippen LogP contribution < -0.4 is 9.84 Å². The fourth-order valence-electron chi connectivity index (χ4n) is 5.55. The molecule has 0 spiro atoms. The Morgan fingerprint density at radius 2 is 1.82 bits per heavy atom. The molecular formula is C33H33Cl3F2N4O2S. The number of rotatable bonds is 9. The number of likely N-dealkylation sites (N-methyl/N-ethyl adjacent to an activating group) is 1. The topological polar surface area (TPSA) is 62.5 Å². The highest BCUT2D eigenvalue weighted by molar-refractivity contribution is 7.98. The lowest BCUT2D eigenvalue weighted by Gasteiger charge is -2.28. The molecule has 0 unspecified atom stereocenters. The highest BCUT2D eigenvalue weighted by atomic mass is 35.5. The van der Waals surface area contributed by atoms with Crippen LogP contribution in [0, 0.1) is 11.6 Å². The van der Waals surface area contributed by atoms with E-state index in [0.717, 1.165) is 35.3 Å². The minimum Gasteiger partial charge on any atom is -0.858 e. The molecule has 1 aliphatic heterocycles. The summed E-state index contributed by atoms with van der Waals surface area (Å²) in [6.07, 6.45) is 2.53. The number of imidazole rings is 1. The van der Waals surface area contributed by atoms with E-state index in [1.165, 1.54) is 37.1 Å². The number of quaternary nitrogens is 1. The maximum atomic E-state index is 15.5. The summed E-state index contributed by atoms with van der Waals surface area (Å²) < 4.78 is 37.8. The molecule has 0 aliphatic carbocycles. The number of aliphatic imine (C=N–C) groups is 1. The molecule has 238 valence electrons. The van der Waals surface area contributed by atoms with Crippen molar-refractivity contribution in [1.29, 1.82) is 0 Å². The molecule has 1 saturated heterocycles. The summed E-state index contributed by atoms with van der Waals surface area (Å²) in [6, 6.07) is 12.5. The number of aromatic nitrogens is 2. The zero-order valence-corrected chi connectivity index (χ0v) is 28.6. The zero-order valence-electron chi connectivity index (χ0n) is 25.5. The van der Waals surface area contributed by atoms with E-state index in [4.69, 9.17) is 39.5 Å². The molecule has 1 atom stereocenters. The second-order valence-corrected chi connectivity index (χ2v) is 14.4. The van der Waals surface area contributed by atoms with E-state index in [9.17, 15) is 9.50 Å². The minimum absolute atomic E-state index is 0.0651. The van der Waals surface area contributed by atoms with Crippen molar-refractivity contribution in [3.05, 3.63) is 104 Å². The van der Waals surface area contributed by atoms with E-state index in [-0.39, 0.29) is 33.7 Å². The molecule has 1 fully saturated rings. The predicted octanol–water partition coefficient (Wildman–Crippen LogP) is 7.69. The Bertz CT molecular complexity index is 1750. The van der Waals surface area contributed by atoms with E-state index in [0.29, 0.717) is 20.9 Å². The second kappa shape index (κ2) is 13.1. The van der Waals surface area contributed by atoms with Crippen LogP contribution in [-0.4, -0.2) is 60.3 Å². The van der Waals surface area contributed by atoms with Crippen LogP contribution in [0.15, 0.2) is 64.9 Å². The number of methoxy groups -OCH3 is 1. The first-order chi connectivity index (χ1) is 21.2. The van der Waals surface area contributed by atoms with Gasteiger partial charge in [-0.25, -0.2) is 13.8 Å². The van der Waals surface area contributed by atoms with E-state index in [2.05, 4.69) is 24.1 Å². The number of halogens is 5. The van der Waals surface area contributed by atoms with Crippen LogP contribution in [-0.2, 0) is 11.2 Å². The molecule has 2 heterocycles. The summed E-state index contributed by atoms with van der Waals surface area (Å²) in [6.45, 7) is 5.71. The highest BCUT2D eigenvalue weighted by Crippen LogP contribution is 2.40. The third-order valence-corrected chi connectivity index (χ3v) is 10.3. The Kier molecular flexibility index (Phi) is 9.78. The Balaban J connectivity index is 1.49. The first-order valence-electron chi connectivity index (χ1n) is 14.3. The summed E-state index contributed by atoms with van der Waals surface area (Å²) in [5.74, 6) is -1.40. The first kappa shape index (κ1) is 33.5. The maximum absolute atomic E-state index is 15.5. The Morgan fingerprint density at radius 3 is 2.47 bits per heavy atom. The van der Waals surface area contributed by atoms with Crippen LogP contribution in [0.25, 0.3) is 5.69 Å². The van der Waals surface area contributed by atoms with Crippen molar-refractivity contribution in [2.75, 3.05) is 34.3 Å². The summed E-state index contributed by atoms with van der Waals surface area (Å²) in [5, 5.41) is 14.4. The van der Waals surface area contributed by atoms with Crippen molar-refractivity contribution in [2.24, 2.45) is 4.99 Å². The quantitative estimate of drug-likeness (QED) is 0.0781. The summed E-state index contributed by atoms with van der Waals surface area (Å²) in [5.41, 5.74) is 1.95. The number of thioether (sulfide) groups is 1. The van der Waals surface area contributed by atoms with Crippen LogP contribution in [0.1, 0.15) is 42.7 Å². The fourth-order valence-corrected chi connectivity index (χ4v) is 7.22. The molecule has 0 saturated carbocycles. The van der Waals surface area contributed by atoms with Gasteiger partial charge in [-0.1, -0.05) is 66.5 Å². The van der Waals surface area contributed by atoms with Crippen LogP contribution in [0.4, 0.5) is 8.78 Å². The average Bonchev–Trinajstić information content (AvgIpc) is 3.56. The Labute approximate surface area is 281 Å². The molecule has 45 heavy (non-hydrogen) atoms. The second-order valence-electron chi connectivity index (χ2n) is 12.3. The fraction of sp³-hybridized carbons (Fsp3) is 0.333. The van der Waals surface area contributed by atoms with Gasteiger partial charge < -0.3 is 14.3 Å². The number of nitrogens with zero attached hydrogens (tertiary/aromatic N) is 4. The van der Waals surface area contributed by atoms with E-state index >= 15 is 4.39 Å². The van der Waals surface area contributed by atoms with Crippen LogP contribution >= 0.6 is 46.6 Å². The molecule has 0 N–H and O–H groups in total. The predicted molar refractivity (Wildman–Crippen MR) is 176 cm³/mol. The monoisotopic (exact) mass is 692 g/mol. The number of likely N-dealkylation sites (tertiary alicyclic amines) is 1. The molecule has 6 nitrogen and oxygen atoms in total. The Hall–Kier alpha value is -2.82. The normalized spacial score (nSPS) is 16.8. The molecule has 0 radical (unpaired) electrons. The zero-order chi connectivity index (χ0) is 32.7. The van der Waals surface area contributed by atoms with Crippen molar-refractivity contribution in [3.63, 3.8) is 0 Å². The highest BCUT2D eigenvalue weighted by Gasteiger charge is 2.31. The van der Waals surface area contributed by atoms with Gasteiger partial charge in [0.05, 0.1) is 55.4 Å². The van der Waals surface area contributed by atoms with Crippen molar-refractivity contribution in [2.45, 2.75) is 42.6 Å². The largest absolute Gasteiger partial charge is 0.858 e. The van der Waals surface area contributed by atoms with Gasteiger partial charge in [0, 0.05) is 34.2 Å². The number of benzene rings is 3. The van der Waals surface area contributed by atoms with Gasteiger partial charge >= 0.3 is 0 Å². The first-order valence-corrected chi connectivity index (χ1v) is 16.4. The van der Waals surface area contributed by atoms with Crippen LogP contribution in [0.3, 0.4) is 0 Å². The molecule has 0 bridgehead atoms. The third kappa shape index (κ3) is 7.13. The van der Waals surface area contributed by atoms with Gasteiger partial charge in [0.15, 0.2) is 16.7 Å². The third-order valence-electron chi connectivity index (χ3n) is 8.21. The van der Waals surface area contributed by atoms with Crippen LogP contribution in [0.2, 0.25) is 15.1 Å². The molecule has 4 aromatic rings. The van der Waals surface area contributed by atoms with Gasteiger partial charge in [-0.2, -0.15) is 0 Å². The number of hydrogen-bond donors (Lipinski definition) is 0. The lowest BCUT2D eigenvalue weighted by molar-refractivity contribution is -0.878. The maximum Gasteiger partial charge on any atom is 0.173 e. The van der Waals surface area contributed by atoms with Crippen molar-refractivity contribution < 1.29 is 23.1 Å². The Morgan fingerprint density at radius 1 is 1.07 bits per heavy atom. The number of ether oxygens (including phenoxy) is 1. The van der Waals surface area contributed by atoms with Crippen molar-refractivity contribution >= 4 is 52.5 Å². The van der Waals surface area contributed by atoms with E-state index in [1.54, 1.807) is 30.5 Å². The minimum atomic E-state index is -0.635.